The first-order chi connectivity index (χ1) is 6.31. The second-order valence-corrected chi connectivity index (χ2v) is 4.86. The Balaban J connectivity index is 2.44. The molecule has 0 fully saturated rings. The van der Waals surface area contributed by atoms with Crippen LogP contribution in [0, 0.1) is 11.3 Å². The van der Waals surface area contributed by atoms with Crippen LogP contribution in [0.3, 0.4) is 0 Å². The van der Waals surface area contributed by atoms with Crippen molar-refractivity contribution in [3.8, 4) is 6.07 Å². The number of thioether (sulfide) groups is 1. The molecule has 1 nitrogen and oxygen atoms in total. The predicted octanol–water partition coefficient (Wildman–Crippen LogP) is 3.18. The zero-order valence-corrected chi connectivity index (χ0v) is 8.34. The van der Waals surface area contributed by atoms with Gasteiger partial charge in [0, 0.05) is 10.1 Å². The molecule has 2 unspecified atom stereocenters. The van der Waals surface area contributed by atoms with Gasteiger partial charge >= 0.3 is 0 Å². The number of nitrogens with zero attached hydrogens (tertiary/aromatic N) is 1. The van der Waals surface area contributed by atoms with E-state index in [1.165, 1.54) is 10.5 Å². The molecule has 2 heteroatoms. The van der Waals surface area contributed by atoms with Gasteiger partial charge in [0.15, 0.2) is 0 Å². The molecule has 13 heavy (non-hydrogen) atoms. The molecule has 1 aliphatic rings. The molecule has 1 heterocycles. The Kier molecular flexibility index (Phi) is 2.28. The van der Waals surface area contributed by atoms with Crippen LogP contribution < -0.4 is 0 Å². The molecule has 0 radical (unpaired) electrons. The molecule has 0 amide bonds. The van der Waals surface area contributed by atoms with Gasteiger partial charge in [0.25, 0.3) is 0 Å². The standard InChI is InChI=1S/C11H11NS/c1-8-6-9(7-12)10-4-2-3-5-11(10)13-8/h2-5,8-9H,6H2,1H3. The summed E-state index contributed by atoms with van der Waals surface area (Å²) in [5.74, 6) is 0.104. The van der Waals surface area contributed by atoms with Crippen LogP contribution in [0.2, 0.25) is 0 Å². The highest BCUT2D eigenvalue weighted by Gasteiger charge is 2.24. The number of nitriles is 1. The van der Waals surface area contributed by atoms with Crippen molar-refractivity contribution in [2.75, 3.05) is 0 Å². The number of fused-ring (bicyclic) bond motifs is 1. The maximum absolute atomic E-state index is 9.00. The molecule has 0 saturated heterocycles. The molecule has 0 saturated carbocycles. The van der Waals surface area contributed by atoms with Crippen molar-refractivity contribution in [1.82, 2.24) is 0 Å². The van der Waals surface area contributed by atoms with Crippen molar-refractivity contribution in [3.05, 3.63) is 29.8 Å². The quantitative estimate of drug-likeness (QED) is 0.626. The Morgan fingerprint density at radius 1 is 1.46 bits per heavy atom. The van der Waals surface area contributed by atoms with Crippen LogP contribution in [0.25, 0.3) is 0 Å². The molecule has 2 atom stereocenters. The lowest BCUT2D eigenvalue weighted by Gasteiger charge is -2.24. The summed E-state index contributed by atoms with van der Waals surface area (Å²) in [6.45, 7) is 2.19. The Morgan fingerprint density at radius 2 is 2.23 bits per heavy atom. The molecule has 2 rings (SSSR count). The maximum Gasteiger partial charge on any atom is 0.0734 e. The van der Waals surface area contributed by atoms with Crippen molar-refractivity contribution in [2.24, 2.45) is 0 Å². The highest BCUT2D eigenvalue weighted by Crippen LogP contribution is 2.40. The van der Waals surface area contributed by atoms with Gasteiger partial charge in [-0.05, 0) is 18.1 Å². The van der Waals surface area contributed by atoms with Crippen LogP contribution >= 0.6 is 11.8 Å². The lowest BCUT2D eigenvalue weighted by Crippen LogP contribution is -2.11. The molecule has 0 aromatic heterocycles. The normalized spacial score (nSPS) is 26.2. The summed E-state index contributed by atoms with van der Waals surface area (Å²) in [7, 11) is 0. The molecule has 0 spiro atoms. The Labute approximate surface area is 82.8 Å². The smallest absolute Gasteiger partial charge is 0.0734 e. The number of benzene rings is 1. The summed E-state index contributed by atoms with van der Waals surface area (Å²) in [5, 5.41) is 9.57. The van der Waals surface area contributed by atoms with E-state index in [0.29, 0.717) is 5.25 Å². The van der Waals surface area contributed by atoms with Gasteiger partial charge in [0.1, 0.15) is 0 Å². The molecule has 1 aliphatic heterocycles. The van der Waals surface area contributed by atoms with Crippen molar-refractivity contribution >= 4 is 11.8 Å². The van der Waals surface area contributed by atoms with Crippen LogP contribution in [-0.2, 0) is 0 Å². The SMILES string of the molecule is CC1CC(C#N)c2ccccc2S1. The van der Waals surface area contributed by atoms with Gasteiger partial charge in [0.05, 0.1) is 12.0 Å². The highest BCUT2D eigenvalue weighted by molar-refractivity contribution is 8.00. The number of hydrogen-bond donors (Lipinski definition) is 0. The third-order valence-corrected chi connectivity index (χ3v) is 3.57. The van der Waals surface area contributed by atoms with Crippen LogP contribution in [0.15, 0.2) is 29.2 Å². The van der Waals surface area contributed by atoms with E-state index in [-0.39, 0.29) is 5.92 Å². The molecule has 66 valence electrons. The summed E-state index contributed by atoms with van der Waals surface area (Å²) in [4.78, 5) is 1.28. The monoisotopic (exact) mass is 189 g/mol. The van der Waals surface area contributed by atoms with E-state index < -0.39 is 0 Å². The van der Waals surface area contributed by atoms with E-state index in [4.69, 9.17) is 5.26 Å². The van der Waals surface area contributed by atoms with Crippen LogP contribution in [0.5, 0.6) is 0 Å². The summed E-state index contributed by atoms with van der Waals surface area (Å²) >= 11 is 1.88. The highest BCUT2D eigenvalue weighted by atomic mass is 32.2. The summed E-state index contributed by atoms with van der Waals surface area (Å²) < 4.78 is 0. The average molecular weight is 189 g/mol. The van der Waals surface area contributed by atoms with Gasteiger partial charge < -0.3 is 0 Å². The molecule has 0 aliphatic carbocycles. The molecular formula is C11H11NS. The van der Waals surface area contributed by atoms with Gasteiger partial charge in [-0.2, -0.15) is 5.26 Å². The van der Waals surface area contributed by atoms with Crippen molar-refractivity contribution in [2.45, 2.75) is 29.4 Å². The second-order valence-electron chi connectivity index (χ2n) is 3.38. The van der Waals surface area contributed by atoms with Gasteiger partial charge in [0.2, 0.25) is 0 Å². The fraction of sp³-hybridized carbons (Fsp3) is 0.364. The van der Waals surface area contributed by atoms with Gasteiger partial charge in [-0.1, -0.05) is 25.1 Å². The first-order valence-corrected chi connectivity index (χ1v) is 5.34. The Bertz CT molecular complexity index is 353. The summed E-state index contributed by atoms with van der Waals surface area (Å²) in [6.07, 6.45) is 0.984. The summed E-state index contributed by atoms with van der Waals surface area (Å²) in [5.41, 5.74) is 1.22. The van der Waals surface area contributed by atoms with Crippen molar-refractivity contribution in [1.29, 1.82) is 5.26 Å². The van der Waals surface area contributed by atoms with E-state index in [2.05, 4.69) is 25.1 Å². The van der Waals surface area contributed by atoms with E-state index in [0.717, 1.165) is 6.42 Å². The third kappa shape index (κ3) is 1.57. The van der Waals surface area contributed by atoms with Crippen LogP contribution in [0.1, 0.15) is 24.8 Å². The van der Waals surface area contributed by atoms with Gasteiger partial charge in [-0.3, -0.25) is 0 Å². The fourth-order valence-electron chi connectivity index (χ4n) is 1.72. The van der Waals surface area contributed by atoms with Gasteiger partial charge in [-0.25, -0.2) is 0 Å². The zero-order valence-electron chi connectivity index (χ0n) is 7.53. The lowest BCUT2D eigenvalue weighted by molar-refractivity contribution is 0.712. The van der Waals surface area contributed by atoms with Gasteiger partial charge in [-0.15, -0.1) is 11.8 Å². The first kappa shape index (κ1) is 8.65. The number of hydrogen-bond acceptors (Lipinski definition) is 2. The lowest BCUT2D eigenvalue weighted by atomic mass is 9.95. The predicted molar refractivity (Wildman–Crippen MR) is 54.7 cm³/mol. The number of rotatable bonds is 0. The minimum Gasteiger partial charge on any atom is -0.198 e. The third-order valence-electron chi connectivity index (χ3n) is 2.35. The van der Waals surface area contributed by atoms with Crippen molar-refractivity contribution < 1.29 is 0 Å². The van der Waals surface area contributed by atoms with E-state index in [9.17, 15) is 0 Å². The van der Waals surface area contributed by atoms with Crippen LogP contribution in [0.4, 0.5) is 0 Å². The second kappa shape index (κ2) is 3.43. The van der Waals surface area contributed by atoms with E-state index >= 15 is 0 Å². The molecular weight excluding hydrogens is 178 g/mol. The maximum atomic E-state index is 9.00. The van der Waals surface area contributed by atoms with Crippen LogP contribution in [-0.4, -0.2) is 5.25 Å². The molecule has 1 aromatic rings. The topological polar surface area (TPSA) is 23.8 Å². The minimum atomic E-state index is 0.104. The largest absolute Gasteiger partial charge is 0.198 e. The molecule has 1 aromatic carbocycles. The molecule has 0 bridgehead atoms. The molecule has 0 N–H and O–H groups in total. The van der Waals surface area contributed by atoms with E-state index in [1.54, 1.807) is 0 Å². The fourth-order valence-corrected chi connectivity index (χ4v) is 2.95. The Morgan fingerprint density at radius 3 is 3.00 bits per heavy atom. The average Bonchev–Trinajstić information content (AvgIpc) is 2.16. The zero-order chi connectivity index (χ0) is 9.26. The minimum absolute atomic E-state index is 0.104. The Hall–Kier alpha value is -0.940. The van der Waals surface area contributed by atoms with E-state index in [1.807, 2.05) is 23.9 Å². The summed E-state index contributed by atoms with van der Waals surface area (Å²) in [6, 6.07) is 10.6. The first-order valence-electron chi connectivity index (χ1n) is 4.46. The van der Waals surface area contributed by atoms with Crippen molar-refractivity contribution in [3.63, 3.8) is 0 Å².